The first-order valence-electron chi connectivity index (χ1n) is 7.36. The summed E-state index contributed by atoms with van der Waals surface area (Å²) in [6.45, 7) is 5.55. The van der Waals surface area contributed by atoms with Gasteiger partial charge in [0, 0.05) is 25.0 Å². The van der Waals surface area contributed by atoms with Crippen LogP contribution in [0, 0.1) is 0 Å². The largest absolute Gasteiger partial charge is 0.496 e. The number of hydrogen-bond donors (Lipinski definition) is 1. The minimum Gasteiger partial charge on any atom is -0.496 e. The van der Waals surface area contributed by atoms with Crippen molar-refractivity contribution < 1.29 is 4.74 Å². The van der Waals surface area contributed by atoms with Crippen molar-refractivity contribution in [1.29, 1.82) is 0 Å². The summed E-state index contributed by atoms with van der Waals surface area (Å²) in [6.07, 6.45) is 1.23. The maximum Gasteiger partial charge on any atom is 0.126 e. The standard InChI is InChI=1S/C17H22N2O.ClH/c1-20-17-8-7-14(15-5-2-3-6-16(15)17)13-19-11-4-9-18-10-12-19;/h2-3,5-8,18H,4,9-13H2,1H3;1H. The Morgan fingerprint density at radius 3 is 2.67 bits per heavy atom. The van der Waals surface area contributed by atoms with E-state index in [1.54, 1.807) is 7.11 Å². The van der Waals surface area contributed by atoms with Gasteiger partial charge in [0.25, 0.3) is 0 Å². The van der Waals surface area contributed by atoms with E-state index >= 15 is 0 Å². The van der Waals surface area contributed by atoms with Gasteiger partial charge in [-0.25, -0.2) is 0 Å². The molecule has 0 aromatic heterocycles. The topological polar surface area (TPSA) is 24.5 Å². The molecule has 21 heavy (non-hydrogen) atoms. The minimum atomic E-state index is 0. The van der Waals surface area contributed by atoms with Crippen molar-refractivity contribution in [1.82, 2.24) is 10.2 Å². The summed E-state index contributed by atoms with van der Waals surface area (Å²) in [6, 6.07) is 12.8. The molecule has 2 aromatic rings. The molecule has 1 heterocycles. The van der Waals surface area contributed by atoms with E-state index in [4.69, 9.17) is 4.74 Å². The summed E-state index contributed by atoms with van der Waals surface area (Å²) in [7, 11) is 1.74. The summed E-state index contributed by atoms with van der Waals surface area (Å²) >= 11 is 0. The SMILES string of the molecule is COc1ccc(CN2CCCNCC2)c2ccccc12.Cl. The van der Waals surface area contributed by atoms with E-state index in [-0.39, 0.29) is 12.4 Å². The number of nitrogens with zero attached hydrogens (tertiary/aromatic N) is 1. The fourth-order valence-corrected chi connectivity index (χ4v) is 2.95. The van der Waals surface area contributed by atoms with E-state index in [9.17, 15) is 0 Å². The van der Waals surface area contributed by atoms with E-state index in [1.165, 1.54) is 29.3 Å². The third-order valence-electron chi connectivity index (χ3n) is 4.02. The van der Waals surface area contributed by atoms with Crippen molar-refractivity contribution in [3.05, 3.63) is 42.0 Å². The van der Waals surface area contributed by atoms with Gasteiger partial charge >= 0.3 is 0 Å². The summed E-state index contributed by atoms with van der Waals surface area (Å²) in [5.41, 5.74) is 1.39. The highest BCUT2D eigenvalue weighted by Gasteiger charge is 2.12. The summed E-state index contributed by atoms with van der Waals surface area (Å²) in [5, 5.41) is 5.97. The van der Waals surface area contributed by atoms with Crippen LogP contribution in [-0.4, -0.2) is 38.2 Å². The van der Waals surface area contributed by atoms with Gasteiger partial charge in [-0.2, -0.15) is 0 Å². The van der Waals surface area contributed by atoms with Crippen LogP contribution in [-0.2, 0) is 6.54 Å². The second-order valence-corrected chi connectivity index (χ2v) is 5.35. The molecule has 0 bridgehead atoms. The molecule has 2 aromatic carbocycles. The predicted molar refractivity (Wildman–Crippen MR) is 90.5 cm³/mol. The molecular formula is C17H23ClN2O. The molecule has 1 aliphatic rings. The van der Waals surface area contributed by atoms with Crippen molar-refractivity contribution in [2.45, 2.75) is 13.0 Å². The van der Waals surface area contributed by atoms with E-state index < -0.39 is 0 Å². The molecule has 4 heteroatoms. The van der Waals surface area contributed by atoms with Crippen LogP contribution in [0.1, 0.15) is 12.0 Å². The summed E-state index contributed by atoms with van der Waals surface area (Å²) in [5.74, 6) is 0.960. The van der Waals surface area contributed by atoms with E-state index in [1.807, 2.05) is 0 Å². The van der Waals surface area contributed by atoms with Crippen LogP contribution in [0.25, 0.3) is 10.8 Å². The molecule has 1 saturated heterocycles. The van der Waals surface area contributed by atoms with Crippen LogP contribution in [0.4, 0.5) is 0 Å². The average Bonchev–Trinajstić information content (AvgIpc) is 2.76. The zero-order chi connectivity index (χ0) is 13.8. The molecule has 0 aliphatic carbocycles. The van der Waals surface area contributed by atoms with Crippen molar-refractivity contribution in [3.8, 4) is 5.75 Å². The molecule has 0 amide bonds. The number of fused-ring (bicyclic) bond motifs is 1. The molecule has 1 aliphatic heterocycles. The monoisotopic (exact) mass is 306 g/mol. The molecule has 1 N–H and O–H groups in total. The zero-order valence-corrected chi connectivity index (χ0v) is 13.3. The highest BCUT2D eigenvalue weighted by molar-refractivity contribution is 5.91. The number of nitrogens with one attached hydrogen (secondary N) is 1. The fourth-order valence-electron chi connectivity index (χ4n) is 2.95. The van der Waals surface area contributed by atoms with Crippen LogP contribution in [0.2, 0.25) is 0 Å². The van der Waals surface area contributed by atoms with Crippen molar-refractivity contribution in [2.75, 3.05) is 33.3 Å². The predicted octanol–water partition coefficient (Wildman–Crippen LogP) is 3.07. The van der Waals surface area contributed by atoms with Crippen molar-refractivity contribution in [3.63, 3.8) is 0 Å². The van der Waals surface area contributed by atoms with E-state index in [0.29, 0.717) is 0 Å². The molecule has 1 fully saturated rings. The fraction of sp³-hybridized carbons (Fsp3) is 0.412. The Labute approximate surface area is 132 Å². The van der Waals surface area contributed by atoms with Gasteiger partial charge in [0.05, 0.1) is 7.11 Å². The van der Waals surface area contributed by atoms with E-state index in [0.717, 1.165) is 31.9 Å². The van der Waals surface area contributed by atoms with Gasteiger partial charge in [-0.1, -0.05) is 30.3 Å². The molecule has 3 rings (SSSR count). The zero-order valence-electron chi connectivity index (χ0n) is 12.5. The maximum atomic E-state index is 5.47. The van der Waals surface area contributed by atoms with E-state index in [2.05, 4.69) is 46.6 Å². The molecule has 0 radical (unpaired) electrons. The molecular weight excluding hydrogens is 284 g/mol. The molecule has 0 unspecified atom stereocenters. The molecule has 0 spiro atoms. The van der Waals surface area contributed by atoms with Gasteiger partial charge < -0.3 is 10.1 Å². The second-order valence-electron chi connectivity index (χ2n) is 5.35. The Morgan fingerprint density at radius 2 is 1.86 bits per heavy atom. The van der Waals surface area contributed by atoms with Gasteiger partial charge in [0.2, 0.25) is 0 Å². The van der Waals surface area contributed by atoms with Gasteiger partial charge in [-0.05, 0) is 36.5 Å². The van der Waals surface area contributed by atoms with Gasteiger partial charge in [0.15, 0.2) is 0 Å². The Bertz CT molecular complexity index is 580. The number of hydrogen-bond acceptors (Lipinski definition) is 3. The average molecular weight is 307 g/mol. The molecule has 0 saturated carbocycles. The van der Waals surface area contributed by atoms with Gasteiger partial charge in [0.1, 0.15) is 5.75 Å². The highest BCUT2D eigenvalue weighted by atomic mass is 35.5. The quantitative estimate of drug-likeness (QED) is 0.943. The van der Waals surface area contributed by atoms with Gasteiger partial charge in [-0.3, -0.25) is 4.90 Å². The Hall–Kier alpha value is -1.29. The lowest BCUT2D eigenvalue weighted by Gasteiger charge is -2.21. The van der Waals surface area contributed by atoms with Crippen LogP contribution >= 0.6 is 12.4 Å². The van der Waals surface area contributed by atoms with Crippen LogP contribution in [0.3, 0.4) is 0 Å². The Morgan fingerprint density at radius 1 is 1.05 bits per heavy atom. The lowest BCUT2D eigenvalue weighted by molar-refractivity contribution is 0.285. The van der Waals surface area contributed by atoms with Crippen LogP contribution in [0.5, 0.6) is 5.75 Å². The lowest BCUT2D eigenvalue weighted by Crippen LogP contribution is -2.27. The first-order valence-corrected chi connectivity index (χ1v) is 7.36. The third-order valence-corrected chi connectivity index (χ3v) is 4.02. The van der Waals surface area contributed by atoms with Crippen LogP contribution in [0.15, 0.2) is 36.4 Å². The minimum absolute atomic E-state index is 0. The Kier molecular flexibility index (Phi) is 5.85. The lowest BCUT2D eigenvalue weighted by atomic mass is 10.0. The smallest absolute Gasteiger partial charge is 0.126 e. The second kappa shape index (κ2) is 7.64. The highest BCUT2D eigenvalue weighted by Crippen LogP contribution is 2.29. The number of rotatable bonds is 3. The Balaban J connectivity index is 0.00000161. The molecule has 0 atom stereocenters. The maximum absolute atomic E-state index is 5.47. The van der Waals surface area contributed by atoms with Crippen molar-refractivity contribution >= 4 is 23.2 Å². The third kappa shape index (κ3) is 3.67. The van der Waals surface area contributed by atoms with Crippen molar-refractivity contribution in [2.24, 2.45) is 0 Å². The first kappa shape index (κ1) is 16.1. The number of methoxy groups -OCH3 is 1. The summed E-state index contributed by atoms with van der Waals surface area (Å²) < 4.78 is 5.47. The van der Waals surface area contributed by atoms with Crippen LogP contribution < -0.4 is 10.1 Å². The normalized spacial score (nSPS) is 16.2. The number of ether oxygens (including phenoxy) is 1. The summed E-state index contributed by atoms with van der Waals surface area (Å²) in [4.78, 5) is 2.54. The number of halogens is 1. The van der Waals surface area contributed by atoms with Gasteiger partial charge in [-0.15, -0.1) is 12.4 Å². The number of benzene rings is 2. The molecule has 114 valence electrons. The first-order chi connectivity index (χ1) is 9.88. The molecule has 3 nitrogen and oxygen atoms in total.